The number of fused-ring (bicyclic) bond motifs is 1. The van der Waals surface area contributed by atoms with Crippen LogP contribution in [0.15, 0.2) is 42.5 Å². The maximum Gasteiger partial charge on any atom is 0.0628 e. The first-order valence-corrected chi connectivity index (χ1v) is 6.36. The largest absolute Gasteiger partial charge is 0.392 e. The van der Waals surface area contributed by atoms with Gasteiger partial charge in [0.1, 0.15) is 0 Å². The van der Waals surface area contributed by atoms with E-state index in [9.17, 15) is 5.11 Å². The lowest BCUT2D eigenvalue weighted by molar-refractivity contribution is 0.0577. The summed E-state index contributed by atoms with van der Waals surface area (Å²) in [5.74, 6) is 0.147. The lowest BCUT2D eigenvalue weighted by Gasteiger charge is -2.18. The monoisotopic (exact) mass is 244 g/mol. The molecule has 2 heteroatoms. The van der Waals surface area contributed by atoms with Crippen molar-refractivity contribution in [2.75, 3.05) is 13.7 Å². The average molecular weight is 244 g/mol. The molecule has 2 aromatic carbocycles. The van der Waals surface area contributed by atoms with Crippen LogP contribution in [-0.2, 0) is 11.2 Å². The minimum absolute atomic E-state index is 0.147. The van der Waals surface area contributed by atoms with E-state index in [0.29, 0.717) is 13.0 Å². The number of aliphatic hydroxyl groups excluding tert-OH is 1. The van der Waals surface area contributed by atoms with Gasteiger partial charge in [-0.15, -0.1) is 0 Å². The van der Waals surface area contributed by atoms with Gasteiger partial charge in [0.15, 0.2) is 0 Å². The second-order valence-corrected chi connectivity index (χ2v) is 4.84. The molecule has 2 unspecified atom stereocenters. The molecule has 0 aromatic heterocycles. The zero-order chi connectivity index (χ0) is 13.0. The first-order valence-electron chi connectivity index (χ1n) is 6.36. The van der Waals surface area contributed by atoms with Gasteiger partial charge >= 0.3 is 0 Å². The molecule has 0 saturated carbocycles. The third kappa shape index (κ3) is 2.89. The molecular formula is C16H20O2. The number of ether oxygens (including phenoxy) is 1. The summed E-state index contributed by atoms with van der Waals surface area (Å²) < 4.78 is 5.09. The van der Waals surface area contributed by atoms with Gasteiger partial charge in [-0.1, -0.05) is 49.4 Å². The van der Waals surface area contributed by atoms with Gasteiger partial charge in [-0.2, -0.15) is 0 Å². The quantitative estimate of drug-likeness (QED) is 0.876. The maximum absolute atomic E-state index is 10.2. The van der Waals surface area contributed by atoms with E-state index >= 15 is 0 Å². The highest BCUT2D eigenvalue weighted by molar-refractivity contribution is 5.85. The van der Waals surface area contributed by atoms with Crippen LogP contribution in [0, 0.1) is 5.92 Å². The fourth-order valence-electron chi connectivity index (χ4n) is 2.27. The maximum atomic E-state index is 10.2. The highest BCUT2D eigenvalue weighted by Gasteiger charge is 2.15. The molecule has 2 atom stereocenters. The summed E-state index contributed by atoms with van der Waals surface area (Å²) in [5.41, 5.74) is 1.20. The van der Waals surface area contributed by atoms with Gasteiger partial charge in [-0.05, 0) is 22.8 Å². The molecule has 0 aliphatic carbocycles. The van der Waals surface area contributed by atoms with Crippen molar-refractivity contribution < 1.29 is 9.84 Å². The van der Waals surface area contributed by atoms with Crippen LogP contribution in [-0.4, -0.2) is 24.9 Å². The molecule has 0 amide bonds. The summed E-state index contributed by atoms with van der Waals surface area (Å²) in [5, 5.41) is 12.6. The van der Waals surface area contributed by atoms with Crippen molar-refractivity contribution in [3.8, 4) is 0 Å². The number of rotatable bonds is 5. The Bertz CT molecular complexity index is 502. The Balaban J connectivity index is 2.21. The van der Waals surface area contributed by atoms with E-state index in [4.69, 9.17) is 4.74 Å². The Morgan fingerprint density at radius 3 is 2.61 bits per heavy atom. The van der Waals surface area contributed by atoms with Crippen LogP contribution >= 0.6 is 0 Å². The normalized spacial score (nSPS) is 14.6. The molecule has 18 heavy (non-hydrogen) atoms. The summed E-state index contributed by atoms with van der Waals surface area (Å²) in [6, 6.07) is 14.5. The van der Waals surface area contributed by atoms with Crippen molar-refractivity contribution in [1.82, 2.24) is 0 Å². The van der Waals surface area contributed by atoms with Crippen LogP contribution in [0.25, 0.3) is 10.8 Å². The van der Waals surface area contributed by atoms with Crippen LogP contribution < -0.4 is 0 Å². The predicted molar refractivity (Wildman–Crippen MR) is 74.7 cm³/mol. The molecule has 2 rings (SSSR count). The molecule has 0 aliphatic rings. The van der Waals surface area contributed by atoms with Crippen molar-refractivity contribution in [3.05, 3.63) is 48.0 Å². The van der Waals surface area contributed by atoms with Crippen molar-refractivity contribution in [2.45, 2.75) is 19.4 Å². The van der Waals surface area contributed by atoms with Crippen LogP contribution in [0.3, 0.4) is 0 Å². The van der Waals surface area contributed by atoms with Gasteiger partial charge in [0.25, 0.3) is 0 Å². The zero-order valence-corrected chi connectivity index (χ0v) is 11.0. The van der Waals surface area contributed by atoms with E-state index in [0.717, 1.165) is 0 Å². The van der Waals surface area contributed by atoms with Gasteiger partial charge in [-0.3, -0.25) is 0 Å². The number of hydrogen-bond acceptors (Lipinski definition) is 2. The van der Waals surface area contributed by atoms with Gasteiger partial charge < -0.3 is 9.84 Å². The number of aliphatic hydroxyl groups is 1. The second-order valence-electron chi connectivity index (χ2n) is 4.84. The molecular weight excluding hydrogens is 224 g/mol. The van der Waals surface area contributed by atoms with E-state index in [1.54, 1.807) is 7.11 Å². The van der Waals surface area contributed by atoms with Crippen molar-refractivity contribution in [2.24, 2.45) is 5.92 Å². The number of benzene rings is 2. The lowest BCUT2D eigenvalue weighted by atomic mass is 9.95. The molecule has 1 N–H and O–H groups in total. The second kappa shape index (κ2) is 5.98. The Labute approximate surface area is 108 Å². The Kier molecular flexibility index (Phi) is 4.34. The van der Waals surface area contributed by atoms with Crippen molar-refractivity contribution in [1.29, 1.82) is 0 Å². The minimum atomic E-state index is -0.365. The van der Waals surface area contributed by atoms with Crippen LogP contribution in [0.5, 0.6) is 0 Å². The predicted octanol–water partition coefficient (Wildman–Crippen LogP) is 3.03. The molecule has 0 aliphatic heterocycles. The smallest absolute Gasteiger partial charge is 0.0628 e. The third-order valence-electron chi connectivity index (χ3n) is 3.40. The molecule has 2 nitrogen and oxygen atoms in total. The SMILES string of the molecule is COCC(C)C(O)Cc1cccc2ccccc12. The highest BCUT2D eigenvalue weighted by Crippen LogP contribution is 2.21. The van der Waals surface area contributed by atoms with Crippen molar-refractivity contribution in [3.63, 3.8) is 0 Å². The molecule has 0 saturated heterocycles. The minimum Gasteiger partial charge on any atom is -0.392 e. The third-order valence-corrected chi connectivity index (χ3v) is 3.40. The van der Waals surface area contributed by atoms with E-state index in [-0.39, 0.29) is 12.0 Å². The summed E-state index contributed by atoms with van der Waals surface area (Å²) in [6.45, 7) is 2.60. The Hall–Kier alpha value is -1.38. The number of methoxy groups -OCH3 is 1. The average Bonchev–Trinajstić information content (AvgIpc) is 2.39. The van der Waals surface area contributed by atoms with Gasteiger partial charge in [0.2, 0.25) is 0 Å². The lowest BCUT2D eigenvalue weighted by Crippen LogP contribution is -2.24. The molecule has 0 fully saturated rings. The Morgan fingerprint density at radius 2 is 1.83 bits per heavy atom. The van der Waals surface area contributed by atoms with Crippen molar-refractivity contribution >= 4 is 10.8 Å². The van der Waals surface area contributed by atoms with Gasteiger partial charge in [-0.25, -0.2) is 0 Å². The van der Waals surface area contributed by atoms with Gasteiger partial charge in [0, 0.05) is 13.0 Å². The standard InChI is InChI=1S/C16H20O2/c1-12(11-18-2)16(17)10-14-8-5-7-13-6-3-4-9-15(13)14/h3-9,12,16-17H,10-11H2,1-2H3. The highest BCUT2D eigenvalue weighted by atomic mass is 16.5. The molecule has 0 spiro atoms. The molecule has 96 valence electrons. The number of hydrogen-bond donors (Lipinski definition) is 1. The molecule has 0 radical (unpaired) electrons. The molecule has 0 bridgehead atoms. The summed E-state index contributed by atoms with van der Waals surface area (Å²) in [4.78, 5) is 0. The fourth-order valence-corrected chi connectivity index (χ4v) is 2.27. The van der Waals surface area contributed by atoms with Crippen LogP contribution in [0.1, 0.15) is 12.5 Å². The molecule has 0 heterocycles. The first kappa shape index (κ1) is 13.1. The van der Waals surface area contributed by atoms with E-state index in [1.165, 1.54) is 16.3 Å². The fraction of sp³-hybridized carbons (Fsp3) is 0.375. The Morgan fingerprint density at radius 1 is 1.11 bits per heavy atom. The summed E-state index contributed by atoms with van der Waals surface area (Å²) in [6.07, 6.45) is 0.307. The van der Waals surface area contributed by atoms with Gasteiger partial charge in [0.05, 0.1) is 12.7 Å². The summed E-state index contributed by atoms with van der Waals surface area (Å²) >= 11 is 0. The topological polar surface area (TPSA) is 29.5 Å². The van der Waals surface area contributed by atoms with Crippen LogP contribution in [0.4, 0.5) is 0 Å². The first-order chi connectivity index (χ1) is 8.72. The summed E-state index contributed by atoms with van der Waals surface area (Å²) in [7, 11) is 1.67. The van der Waals surface area contributed by atoms with E-state index in [2.05, 4.69) is 24.3 Å². The zero-order valence-electron chi connectivity index (χ0n) is 11.0. The van der Waals surface area contributed by atoms with E-state index in [1.807, 2.05) is 25.1 Å². The van der Waals surface area contributed by atoms with Crippen LogP contribution in [0.2, 0.25) is 0 Å². The molecule has 2 aromatic rings. The van der Waals surface area contributed by atoms with E-state index < -0.39 is 0 Å².